The number of pyridine rings is 1. The van der Waals surface area contributed by atoms with Gasteiger partial charge in [0.2, 0.25) is 0 Å². The van der Waals surface area contributed by atoms with Crippen molar-refractivity contribution in [3.05, 3.63) is 53.9 Å². The van der Waals surface area contributed by atoms with Crippen LogP contribution in [-0.4, -0.2) is 16.9 Å². The minimum absolute atomic E-state index is 0.0922. The molecule has 0 aliphatic heterocycles. The first-order valence-corrected chi connectivity index (χ1v) is 6.44. The highest BCUT2D eigenvalue weighted by Crippen LogP contribution is 2.16. The third-order valence-electron chi connectivity index (χ3n) is 2.63. The van der Waals surface area contributed by atoms with Crippen molar-refractivity contribution in [2.45, 2.75) is 19.9 Å². The molecule has 1 amide bonds. The number of nitrogens with zero attached hydrogens (tertiary/aromatic N) is 1. The van der Waals surface area contributed by atoms with Gasteiger partial charge in [-0.3, -0.25) is 9.78 Å². The van der Waals surface area contributed by atoms with Gasteiger partial charge in [-0.15, -0.1) is 0 Å². The summed E-state index contributed by atoms with van der Waals surface area (Å²) in [5.74, 6) is -2.10. The lowest BCUT2D eigenvalue weighted by molar-refractivity contribution is 0.102. The summed E-state index contributed by atoms with van der Waals surface area (Å²) < 4.78 is 26.3. The molecule has 0 aliphatic carbocycles. The highest BCUT2D eigenvalue weighted by Gasteiger charge is 2.12. The number of anilines is 2. The number of halogens is 2. The van der Waals surface area contributed by atoms with Crippen LogP contribution in [-0.2, 0) is 0 Å². The number of nitrogens with one attached hydrogen (secondary N) is 2. The molecule has 2 rings (SSSR count). The number of benzene rings is 1. The maximum Gasteiger partial charge on any atom is 0.274 e. The fraction of sp³-hybridized carbons (Fsp3) is 0.200. The first-order valence-electron chi connectivity index (χ1n) is 6.44. The van der Waals surface area contributed by atoms with Crippen molar-refractivity contribution in [3.63, 3.8) is 0 Å². The van der Waals surface area contributed by atoms with E-state index in [0.29, 0.717) is 6.07 Å². The average molecular weight is 291 g/mol. The maximum atomic E-state index is 13.5. The monoisotopic (exact) mass is 291 g/mol. The topological polar surface area (TPSA) is 54.0 Å². The van der Waals surface area contributed by atoms with E-state index in [4.69, 9.17) is 0 Å². The molecule has 0 radical (unpaired) electrons. The Balaban J connectivity index is 2.16. The van der Waals surface area contributed by atoms with Crippen molar-refractivity contribution in [1.82, 2.24) is 4.98 Å². The van der Waals surface area contributed by atoms with Crippen molar-refractivity contribution in [1.29, 1.82) is 0 Å². The Morgan fingerprint density at radius 2 is 1.95 bits per heavy atom. The first-order chi connectivity index (χ1) is 9.95. The molecule has 0 saturated carbocycles. The fourth-order valence-electron chi connectivity index (χ4n) is 1.76. The van der Waals surface area contributed by atoms with E-state index in [1.807, 2.05) is 13.8 Å². The zero-order chi connectivity index (χ0) is 15.4. The van der Waals surface area contributed by atoms with Gasteiger partial charge < -0.3 is 10.6 Å². The quantitative estimate of drug-likeness (QED) is 0.907. The van der Waals surface area contributed by atoms with Gasteiger partial charge in [0, 0.05) is 24.0 Å². The zero-order valence-corrected chi connectivity index (χ0v) is 11.7. The van der Waals surface area contributed by atoms with Gasteiger partial charge in [-0.25, -0.2) is 8.78 Å². The molecule has 1 heterocycles. The van der Waals surface area contributed by atoms with E-state index >= 15 is 0 Å². The Bertz CT molecular complexity index is 659. The summed E-state index contributed by atoms with van der Waals surface area (Å²) in [6, 6.07) is 6.45. The zero-order valence-electron chi connectivity index (χ0n) is 11.7. The van der Waals surface area contributed by atoms with Crippen LogP contribution in [0.4, 0.5) is 20.2 Å². The van der Waals surface area contributed by atoms with Crippen LogP contribution in [0.5, 0.6) is 0 Å². The van der Waals surface area contributed by atoms with Gasteiger partial charge in [0.25, 0.3) is 5.91 Å². The molecule has 6 heteroatoms. The highest BCUT2D eigenvalue weighted by atomic mass is 19.1. The summed E-state index contributed by atoms with van der Waals surface area (Å²) in [7, 11) is 0. The Kier molecular flexibility index (Phi) is 4.47. The van der Waals surface area contributed by atoms with Crippen molar-refractivity contribution in [3.8, 4) is 0 Å². The van der Waals surface area contributed by atoms with Crippen molar-refractivity contribution >= 4 is 17.3 Å². The van der Waals surface area contributed by atoms with E-state index in [-0.39, 0.29) is 17.4 Å². The lowest BCUT2D eigenvalue weighted by Crippen LogP contribution is -2.16. The Morgan fingerprint density at radius 1 is 1.19 bits per heavy atom. The molecule has 0 aliphatic rings. The van der Waals surface area contributed by atoms with Crippen LogP contribution in [0.25, 0.3) is 0 Å². The van der Waals surface area contributed by atoms with E-state index in [0.717, 1.165) is 11.8 Å². The van der Waals surface area contributed by atoms with Crippen molar-refractivity contribution in [2.24, 2.45) is 0 Å². The molecule has 0 spiro atoms. The van der Waals surface area contributed by atoms with E-state index in [2.05, 4.69) is 15.6 Å². The molecule has 0 bridgehead atoms. The highest BCUT2D eigenvalue weighted by molar-refractivity contribution is 6.03. The van der Waals surface area contributed by atoms with E-state index in [1.165, 1.54) is 12.3 Å². The van der Waals surface area contributed by atoms with Crippen LogP contribution in [0.15, 0.2) is 36.5 Å². The molecule has 1 aromatic heterocycles. The van der Waals surface area contributed by atoms with Gasteiger partial charge in [-0.2, -0.15) is 0 Å². The molecule has 21 heavy (non-hydrogen) atoms. The second-order valence-corrected chi connectivity index (χ2v) is 4.81. The van der Waals surface area contributed by atoms with E-state index in [9.17, 15) is 13.6 Å². The molecule has 0 unspecified atom stereocenters. The number of aromatic nitrogens is 1. The summed E-state index contributed by atoms with van der Waals surface area (Å²) >= 11 is 0. The van der Waals surface area contributed by atoms with Gasteiger partial charge in [0.05, 0.1) is 5.69 Å². The van der Waals surface area contributed by atoms with Crippen LogP contribution in [0, 0.1) is 11.6 Å². The Hall–Kier alpha value is -2.50. The number of carbonyl (C=O) groups is 1. The predicted molar refractivity (Wildman–Crippen MR) is 77.3 cm³/mol. The minimum Gasteiger partial charge on any atom is -0.383 e. The smallest absolute Gasteiger partial charge is 0.274 e. The van der Waals surface area contributed by atoms with Crippen LogP contribution in [0.3, 0.4) is 0 Å². The summed E-state index contributed by atoms with van der Waals surface area (Å²) in [6.07, 6.45) is 1.49. The van der Waals surface area contributed by atoms with Crippen molar-refractivity contribution < 1.29 is 13.6 Å². The number of amides is 1. The second-order valence-electron chi connectivity index (χ2n) is 4.81. The van der Waals surface area contributed by atoms with Crippen LogP contribution in [0.1, 0.15) is 24.3 Å². The normalized spacial score (nSPS) is 10.5. The largest absolute Gasteiger partial charge is 0.383 e. The van der Waals surface area contributed by atoms with Crippen LogP contribution < -0.4 is 10.6 Å². The summed E-state index contributed by atoms with van der Waals surface area (Å²) in [4.78, 5) is 16.0. The third-order valence-corrected chi connectivity index (χ3v) is 2.63. The molecule has 0 fully saturated rings. The van der Waals surface area contributed by atoms with Gasteiger partial charge in [-0.1, -0.05) is 0 Å². The van der Waals surface area contributed by atoms with Gasteiger partial charge in [0.15, 0.2) is 0 Å². The average Bonchev–Trinajstić information content (AvgIpc) is 2.41. The lowest BCUT2D eigenvalue weighted by Gasteiger charge is -2.11. The standard InChI is InChI=1S/C15H15F2N3O/c1-9(2)19-11-5-6-18-14(8-11)15(21)20-13-4-3-10(16)7-12(13)17/h3-9H,1-2H3,(H,18,19)(H,20,21). The molecule has 2 aromatic rings. The Morgan fingerprint density at radius 3 is 2.62 bits per heavy atom. The SMILES string of the molecule is CC(C)Nc1ccnc(C(=O)Nc2ccc(F)cc2F)c1. The van der Waals surface area contributed by atoms with Gasteiger partial charge in [0.1, 0.15) is 17.3 Å². The third kappa shape index (κ3) is 3.98. The fourth-order valence-corrected chi connectivity index (χ4v) is 1.76. The number of hydrogen-bond donors (Lipinski definition) is 2. The number of rotatable bonds is 4. The minimum atomic E-state index is -0.834. The number of hydrogen-bond acceptors (Lipinski definition) is 3. The summed E-state index contributed by atoms with van der Waals surface area (Å²) in [5.41, 5.74) is 0.791. The summed E-state index contributed by atoms with van der Waals surface area (Å²) in [5, 5.41) is 5.50. The molecule has 0 atom stereocenters. The number of carbonyl (C=O) groups excluding carboxylic acids is 1. The molecule has 4 nitrogen and oxygen atoms in total. The molecule has 110 valence electrons. The van der Waals surface area contributed by atoms with Crippen LogP contribution >= 0.6 is 0 Å². The van der Waals surface area contributed by atoms with Gasteiger partial charge in [-0.05, 0) is 38.1 Å². The van der Waals surface area contributed by atoms with E-state index < -0.39 is 17.5 Å². The molecule has 0 saturated heterocycles. The Labute approximate surface area is 121 Å². The molecule has 1 aromatic carbocycles. The van der Waals surface area contributed by atoms with Crippen molar-refractivity contribution in [2.75, 3.05) is 10.6 Å². The predicted octanol–water partition coefficient (Wildman–Crippen LogP) is 3.43. The van der Waals surface area contributed by atoms with Crippen LogP contribution in [0.2, 0.25) is 0 Å². The van der Waals surface area contributed by atoms with E-state index in [1.54, 1.807) is 12.1 Å². The van der Waals surface area contributed by atoms with Gasteiger partial charge >= 0.3 is 0 Å². The lowest BCUT2D eigenvalue weighted by atomic mass is 10.2. The second kappa shape index (κ2) is 6.30. The first kappa shape index (κ1) is 14.9. The molecular formula is C15H15F2N3O. The maximum absolute atomic E-state index is 13.5. The molecule has 2 N–H and O–H groups in total. The molecular weight excluding hydrogens is 276 g/mol. The summed E-state index contributed by atoms with van der Waals surface area (Å²) in [6.45, 7) is 3.93.